The van der Waals surface area contributed by atoms with Crippen molar-refractivity contribution in [3.8, 4) is 17.2 Å². The van der Waals surface area contributed by atoms with E-state index in [1.54, 1.807) is 33.5 Å². The Balaban J connectivity index is 1.62. The molecule has 2 heterocycles. The van der Waals surface area contributed by atoms with E-state index in [0.29, 0.717) is 45.1 Å². The van der Waals surface area contributed by atoms with E-state index in [-0.39, 0.29) is 12.5 Å². The van der Waals surface area contributed by atoms with Crippen LogP contribution in [0.4, 0.5) is 0 Å². The van der Waals surface area contributed by atoms with Gasteiger partial charge in [0.1, 0.15) is 11.4 Å². The van der Waals surface area contributed by atoms with E-state index in [2.05, 4.69) is 20.5 Å². The van der Waals surface area contributed by atoms with E-state index in [4.69, 9.17) is 26.4 Å². The van der Waals surface area contributed by atoms with Crippen LogP contribution in [0, 0.1) is 4.77 Å². The standard InChI is InChI=1S/C18H21N5O4S/c1-25-12-7-13(26-2)16(27-3)15-10(12)6-11(20-15)17(24)19-8-14-21-22-18(28)23(14)9-4-5-9/h6-7,9,20H,4-5,8H2,1-3H3,(H,19,24)(H,22,28). The molecule has 0 bridgehead atoms. The number of benzene rings is 1. The maximum Gasteiger partial charge on any atom is 0.268 e. The molecule has 28 heavy (non-hydrogen) atoms. The Morgan fingerprint density at radius 2 is 2.00 bits per heavy atom. The Labute approximate surface area is 166 Å². The number of hydrogen-bond acceptors (Lipinski definition) is 6. The van der Waals surface area contributed by atoms with Gasteiger partial charge in [-0.05, 0) is 31.1 Å². The van der Waals surface area contributed by atoms with E-state index >= 15 is 0 Å². The minimum absolute atomic E-state index is 0.268. The average Bonchev–Trinajstić information content (AvgIpc) is 3.32. The molecule has 0 unspecified atom stereocenters. The first-order chi connectivity index (χ1) is 13.6. The van der Waals surface area contributed by atoms with Crippen LogP contribution in [0.15, 0.2) is 12.1 Å². The van der Waals surface area contributed by atoms with Gasteiger partial charge >= 0.3 is 0 Å². The lowest BCUT2D eigenvalue weighted by molar-refractivity contribution is 0.0945. The van der Waals surface area contributed by atoms with Crippen LogP contribution in [-0.2, 0) is 6.54 Å². The fraction of sp³-hybridized carbons (Fsp3) is 0.389. The molecule has 1 aromatic carbocycles. The number of carbonyl (C=O) groups excluding carboxylic acids is 1. The van der Waals surface area contributed by atoms with E-state index in [1.165, 1.54) is 0 Å². The van der Waals surface area contributed by atoms with Gasteiger partial charge in [0, 0.05) is 17.5 Å². The van der Waals surface area contributed by atoms with Gasteiger partial charge in [-0.1, -0.05) is 0 Å². The summed E-state index contributed by atoms with van der Waals surface area (Å²) >= 11 is 5.27. The number of methoxy groups -OCH3 is 3. The number of nitrogens with zero attached hydrogens (tertiary/aromatic N) is 2. The Morgan fingerprint density at radius 1 is 1.25 bits per heavy atom. The van der Waals surface area contributed by atoms with Crippen molar-refractivity contribution in [2.24, 2.45) is 0 Å². The van der Waals surface area contributed by atoms with Crippen molar-refractivity contribution in [3.63, 3.8) is 0 Å². The van der Waals surface area contributed by atoms with Crippen molar-refractivity contribution in [3.05, 3.63) is 28.4 Å². The van der Waals surface area contributed by atoms with Gasteiger partial charge in [-0.25, -0.2) is 0 Å². The van der Waals surface area contributed by atoms with Crippen LogP contribution in [0.5, 0.6) is 17.2 Å². The molecule has 3 aromatic rings. The predicted molar refractivity (Wildman–Crippen MR) is 105 cm³/mol. The fourth-order valence-corrected chi connectivity index (χ4v) is 3.58. The minimum Gasteiger partial charge on any atom is -0.496 e. The molecule has 0 radical (unpaired) electrons. The smallest absolute Gasteiger partial charge is 0.268 e. The molecule has 1 aliphatic carbocycles. The molecule has 0 saturated heterocycles. The zero-order chi connectivity index (χ0) is 19.8. The van der Waals surface area contributed by atoms with Crippen LogP contribution >= 0.6 is 12.2 Å². The quantitative estimate of drug-likeness (QED) is 0.524. The summed E-state index contributed by atoms with van der Waals surface area (Å²) in [6.07, 6.45) is 2.16. The number of ether oxygens (including phenoxy) is 3. The molecule has 1 fully saturated rings. The second-order valence-electron chi connectivity index (χ2n) is 6.51. The second-order valence-corrected chi connectivity index (χ2v) is 6.90. The topological polar surface area (TPSA) is 106 Å². The van der Waals surface area contributed by atoms with Crippen LogP contribution in [0.1, 0.15) is 35.2 Å². The number of rotatable bonds is 7. The Kier molecular flexibility index (Phi) is 4.71. The van der Waals surface area contributed by atoms with E-state index < -0.39 is 0 Å². The zero-order valence-electron chi connectivity index (χ0n) is 15.8. The first kappa shape index (κ1) is 18.4. The van der Waals surface area contributed by atoms with Crippen molar-refractivity contribution < 1.29 is 19.0 Å². The highest BCUT2D eigenvalue weighted by molar-refractivity contribution is 7.71. The molecule has 10 heteroatoms. The van der Waals surface area contributed by atoms with Crippen molar-refractivity contribution in [1.29, 1.82) is 0 Å². The lowest BCUT2D eigenvalue weighted by Gasteiger charge is -2.11. The van der Waals surface area contributed by atoms with Crippen LogP contribution in [0.3, 0.4) is 0 Å². The van der Waals surface area contributed by atoms with Crippen LogP contribution in [-0.4, -0.2) is 47.0 Å². The molecule has 1 saturated carbocycles. The maximum absolute atomic E-state index is 12.7. The van der Waals surface area contributed by atoms with E-state index in [0.717, 1.165) is 18.2 Å². The molecule has 4 rings (SSSR count). The lowest BCUT2D eigenvalue weighted by Crippen LogP contribution is -2.25. The number of aromatic nitrogens is 4. The van der Waals surface area contributed by atoms with Crippen molar-refractivity contribution in [1.82, 2.24) is 25.1 Å². The molecule has 2 aromatic heterocycles. The van der Waals surface area contributed by atoms with Gasteiger partial charge in [0.15, 0.2) is 22.1 Å². The summed E-state index contributed by atoms with van der Waals surface area (Å²) in [5.41, 5.74) is 1.01. The number of hydrogen-bond donors (Lipinski definition) is 3. The van der Waals surface area contributed by atoms with Gasteiger partial charge in [0.25, 0.3) is 5.91 Å². The Hall–Kier alpha value is -3.01. The summed E-state index contributed by atoms with van der Waals surface area (Å²) in [4.78, 5) is 15.8. The molecule has 148 valence electrons. The van der Waals surface area contributed by atoms with E-state index in [9.17, 15) is 4.79 Å². The van der Waals surface area contributed by atoms with Gasteiger partial charge in [-0.2, -0.15) is 5.10 Å². The first-order valence-electron chi connectivity index (χ1n) is 8.83. The molecular formula is C18H21N5O4S. The van der Waals surface area contributed by atoms with Crippen LogP contribution in [0.25, 0.3) is 10.9 Å². The first-order valence-corrected chi connectivity index (χ1v) is 9.23. The van der Waals surface area contributed by atoms with Gasteiger partial charge < -0.3 is 24.5 Å². The number of nitrogens with one attached hydrogen (secondary N) is 3. The predicted octanol–water partition coefficient (Wildman–Crippen LogP) is 2.71. The highest BCUT2D eigenvalue weighted by Gasteiger charge is 2.27. The number of aromatic amines is 2. The summed E-state index contributed by atoms with van der Waals surface area (Å²) in [5, 5.41) is 10.6. The number of fused-ring (bicyclic) bond motifs is 1. The highest BCUT2D eigenvalue weighted by Crippen LogP contribution is 2.41. The fourth-order valence-electron chi connectivity index (χ4n) is 3.28. The molecule has 0 aliphatic heterocycles. The Morgan fingerprint density at radius 3 is 2.64 bits per heavy atom. The number of carbonyl (C=O) groups is 1. The van der Waals surface area contributed by atoms with Crippen LogP contribution < -0.4 is 19.5 Å². The summed E-state index contributed by atoms with van der Waals surface area (Å²) in [7, 11) is 4.66. The highest BCUT2D eigenvalue weighted by atomic mass is 32.1. The molecular weight excluding hydrogens is 382 g/mol. The average molecular weight is 403 g/mol. The molecule has 1 amide bonds. The summed E-state index contributed by atoms with van der Waals surface area (Å²) in [5.74, 6) is 2.05. The third-order valence-corrected chi connectivity index (χ3v) is 5.07. The van der Waals surface area contributed by atoms with Crippen LogP contribution in [0.2, 0.25) is 0 Å². The number of amides is 1. The second kappa shape index (κ2) is 7.19. The van der Waals surface area contributed by atoms with Crippen molar-refractivity contribution in [2.45, 2.75) is 25.4 Å². The molecule has 9 nitrogen and oxygen atoms in total. The summed E-state index contributed by atoms with van der Waals surface area (Å²) in [6.45, 7) is 0.273. The third kappa shape index (κ3) is 3.09. The van der Waals surface area contributed by atoms with Gasteiger partial charge in [-0.15, -0.1) is 0 Å². The SMILES string of the molecule is COc1cc(OC)c2cc(C(=O)NCc3n[nH]c(=S)n3C3CC3)[nH]c2c1OC. The Bertz CT molecular complexity index is 1100. The third-order valence-electron chi connectivity index (χ3n) is 4.78. The zero-order valence-corrected chi connectivity index (χ0v) is 16.6. The normalized spacial score (nSPS) is 13.5. The van der Waals surface area contributed by atoms with Gasteiger partial charge in [0.05, 0.1) is 33.4 Å². The monoisotopic (exact) mass is 403 g/mol. The van der Waals surface area contributed by atoms with Gasteiger partial charge in [0.2, 0.25) is 0 Å². The summed E-state index contributed by atoms with van der Waals surface area (Å²) < 4.78 is 18.8. The van der Waals surface area contributed by atoms with Crippen molar-refractivity contribution >= 4 is 29.0 Å². The van der Waals surface area contributed by atoms with Gasteiger partial charge in [-0.3, -0.25) is 14.5 Å². The summed E-state index contributed by atoms with van der Waals surface area (Å²) in [6, 6.07) is 3.83. The largest absolute Gasteiger partial charge is 0.496 e. The molecule has 0 spiro atoms. The number of H-pyrrole nitrogens is 2. The molecule has 0 atom stereocenters. The maximum atomic E-state index is 12.7. The van der Waals surface area contributed by atoms with E-state index in [1.807, 2.05) is 4.57 Å². The molecule has 3 N–H and O–H groups in total. The van der Waals surface area contributed by atoms with Crippen molar-refractivity contribution in [2.75, 3.05) is 21.3 Å². The lowest BCUT2D eigenvalue weighted by atomic mass is 10.2. The minimum atomic E-state index is -0.268. The molecule has 1 aliphatic rings.